The lowest BCUT2D eigenvalue weighted by atomic mass is 9.95. The van der Waals surface area contributed by atoms with Crippen LogP contribution in [0.5, 0.6) is 0 Å². The highest BCUT2D eigenvalue weighted by Gasteiger charge is 2.70. The van der Waals surface area contributed by atoms with Gasteiger partial charge in [-0.3, -0.25) is 29.4 Å². The Morgan fingerprint density at radius 1 is 1.23 bits per heavy atom. The molecule has 5 amide bonds. The standard InChI is InChI=1S/C25H35ClF3N5O5/c1-5-11(2)16(31-20(36)13-8-25(13,28)29)22(38)33-10-14-15(24(14,3)4)17(33)21(37)32-34(23(39)18(26)27)9-12-6-7-30-19(12)35/h11-18H,5-10H2,1-4H3,(H,30,35)(H,31,36)(H,32,37)/t11-,12+,13?,14+,15+,16+,17+,18+/m1/s1. The molecule has 0 radical (unpaired) electrons. The minimum absolute atomic E-state index is 0.0510. The molecule has 14 heteroatoms. The van der Waals surface area contributed by atoms with Gasteiger partial charge in [-0.1, -0.05) is 45.7 Å². The number of hydrogen-bond acceptors (Lipinski definition) is 5. The fourth-order valence-electron chi connectivity index (χ4n) is 5.97. The summed E-state index contributed by atoms with van der Waals surface area (Å²) in [6.07, 6.45) is 0.256. The molecule has 2 aliphatic carbocycles. The van der Waals surface area contributed by atoms with Crippen molar-refractivity contribution in [1.29, 1.82) is 0 Å². The zero-order valence-corrected chi connectivity index (χ0v) is 23.1. The van der Waals surface area contributed by atoms with E-state index in [1.54, 1.807) is 13.8 Å². The van der Waals surface area contributed by atoms with Crippen LogP contribution in [0.2, 0.25) is 0 Å². The van der Waals surface area contributed by atoms with E-state index >= 15 is 0 Å². The maximum atomic E-state index is 13.8. The number of piperidine rings is 1. The molecule has 39 heavy (non-hydrogen) atoms. The van der Waals surface area contributed by atoms with E-state index in [4.69, 9.17) is 11.6 Å². The van der Waals surface area contributed by atoms with Gasteiger partial charge in [0.1, 0.15) is 18.0 Å². The van der Waals surface area contributed by atoms with Crippen LogP contribution in [0.15, 0.2) is 0 Å². The van der Waals surface area contributed by atoms with E-state index < -0.39 is 71.4 Å². The fourth-order valence-corrected chi connectivity index (χ4v) is 6.09. The van der Waals surface area contributed by atoms with Gasteiger partial charge in [-0.15, -0.1) is 0 Å². The minimum Gasteiger partial charge on any atom is -0.356 e. The highest BCUT2D eigenvalue weighted by molar-refractivity contribution is 6.29. The molecule has 0 spiro atoms. The molecular weight excluding hydrogens is 543 g/mol. The molecule has 2 saturated carbocycles. The Hall–Kier alpha value is -2.57. The molecule has 0 aromatic rings. The molecule has 218 valence electrons. The van der Waals surface area contributed by atoms with Gasteiger partial charge in [0, 0.05) is 19.5 Å². The molecule has 2 aliphatic heterocycles. The number of amides is 5. The number of likely N-dealkylation sites (tertiary alicyclic amines) is 1. The largest absolute Gasteiger partial charge is 0.356 e. The number of nitrogens with one attached hydrogen (secondary N) is 3. The van der Waals surface area contributed by atoms with Crippen LogP contribution in [0.3, 0.4) is 0 Å². The fraction of sp³-hybridized carbons (Fsp3) is 0.800. The molecule has 0 bridgehead atoms. The molecule has 2 saturated heterocycles. The zero-order chi connectivity index (χ0) is 29.0. The van der Waals surface area contributed by atoms with Gasteiger partial charge in [0.2, 0.25) is 17.7 Å². The third-order valence-electron chi connectivity index (χ3n) is 8.94. The second kappa shape index (κ2) is 10.4. The number of carbonyl (C=O) groups excluding carboxylic acids is 5. The molecular formula is C25H35ClF3N5O5. The quantitative estimate of drug-likeness (QED) is 0.280. The van der Waals surface area contributed by atoms with Crippen molar-refractivity contribution >= 4 is 41.1 Å². The van der Waals surface area contributed by atoms with Crippen molar-refractivity contribution in [2.75, 3.05) is 19.6 Å². The SMILES string of the molecule is CC[C@@H](C)[C@H](NC(=O)C1CC1(F)F)C(=O)N1C[C@H]2[C@@H]([C@H]1C(=O)NN(C[C@@H]1CCNC1=O)C(=O)[C@H](F)Cl)C2(C)C. The second-order valence-corrected chi connectivity index (χ2v) is 12.2. The predicted octanol–water partition coefficient (Wildman–Crippen LogP) is 1.19. The van der Waals surface area contributed by atoms with Gasteiger partial charge >= 0.3 is 0 Å². The van der Waals surface area contributed by atoms with Crippen LogP contribution in [0, 0.1) is 35.0 Å². The average Bonchev–Trinajstić information content (AvgIpc) is 3.42. The number of halogens is 4. The smallest absolute Gasteiger partial charge is 0.291 e. The number of rotatable bonds is 9. The maximum absolute atomic E-state index is 13.8. The van der Waals surface area contributed by atoms with Crippen molar-refractivity contribution in [1.82, 2.24) is 26.0 Å². The Bertz CT molecular complexity index is 1060. The average molecular weight is 578 g/mol. The van der Waals surface area contributed by atoms with E-state index in [-0.39, 0.29) is 36.2 Å². The molecule has 10 nitrogen and oxygen atoms in total. The van der Waals surface area contributed by atoms with Gasteiger partial charge in [0.15, 0.2) is 0 Å². The van der Waals surface area contributed by atoms with Gasteiger partial charge in [-0.05, 0) is 29.6 Å². The van der Waals surface area contributed by atoms with Gasteiger partial charge < -0.3 is 15.5 Å². The summed E-state index contributed by atoms with van der Waals surface area (Å²) in [7, 11) is 0. The highest BCUT2D eigenvalue weighted by atomic mass is 35.5. The molecule has 0 aromatic carbocycles. The summed E-state index contributed by atoms with van der Waals surface area (Å²) in [5.74, 6) is -9.86. The van der Waals surface area contributed by atoms with Gasteiger partial charge in [0.25, 0.3) is 23.4 Å². The van der Waals surface area contributed by atoms with Gasteiger partial charge in [-0.25, -0.2) is 18.2 Å². The van der Waals surface area contributed by atoms with E-state index in [9.17, 15) is 37.1 Å². The molecule has 0 aromatic heterocycles. The van der Waals surface area contributed by atoms with E-state index in [1.165, 1.54) is 4.90 Å². The van der Waals surface area contributed by atoms with Crippen LogP contribution in [0.1, 0.15) is 47.0 Å². The lowest BCUT2D eigenvalue weighted by Crippen LogP contribution is -2.60. The van der Waals surface area contributed by atoms with Crippen molar-refractivity contribution in [3.05, 3.63) is 0 Å². The lowest BCUT2D eigenvalue weighted by Gasteiger charge is -2.36. The molecule has 1 unspecified atom stereocenters. The molecule has 4 rings (SSSR count). The molecule has 8 atom stereocenters. The molecule has 3 N–H and O–H groups in total. The summed E-state index contributed by atoms with van der Waals surface area (Å²) in [6.45, 7) is 7.64. The molecule has 4 fully saturated rings. The topological polar surface area (TPSA) is 128 Å². The molecule has 2 heterocycles. The normalized spacial score (nSPS) is 31.8. The van der Waals surface area contributed by atoms with Gasteiger partial charge in [-0.2, -0.15) is 0 Å². The van der Waals surface area contributed by atoms with Gasteiger partial charge in [0.05, 0.1) is 12.5 Å². The van der Waals surface area contributed by atoms with E-state index in [2.05, 4.69) is 16.1 Å². The van der Waals surface area contributed by atoms with Crippen molar-refractivity contribution in [2.24, 2.45) is 35.0 Å². The first-order valence-corrected chi connectivity index (χ1v) is 13.7. The Morgan fingerprint density at radius 3 is 2.38 bits per heavy atom. The van der Waals surface area contributed by atoms with Crippen LogP contribution in [0.4, 0.5) is 13.2 Å². The lowest BCUT2D eigenvalue weighted by molar-refractivity contribution is -0.150. The van der Waals surface area contributed by atoms with Crippen LogP contribution >= 0.6 is 11.6 Å². The summed E-state index contributed by atoms with van der Waals surface area (Å²) >= 11 is 5.37. The van der Waals surface area contributed by atoms with Crippen LogP contribution in [0.25, 0.3) is 0 Å². The zero-order valence-electron chi connectivity index (χ0n) is 22.3. The first-order valence-electron chi connectivity index (χ1n) is 13.3. The Morgan fingerprint density at radius 2 is 1.87 bits per heavy atom. The first kappa shape index (κ1) is 29.4. The number of hydrogen-bond donors (Lipinski definition) is 3. The number of hydrazine groups is 1. The maximum Gasteiger partial charge on any atom is 0.291 e. The third kappa shape index (κ3) is 5.55. The Balaban J connectivity index is 1.54. The van der Waals surface area contributed by atoms with Crippen molar-refractivity contribution in [3.8, 4) is 0 Å². The highest BCUT2D eigenvalue weighted by Crippen LogP contribution is 2.65. The summed E-state index contributed by atoms with van der Waals surface area (Å²) in [5, 5.41) is 5.77. The van der Waals surface area contributed by atoms with Crippen LogP contribution < -0.4 is 16.1 Å². The van der Waals surface area contributed by atoms with E-state index in [0.717, 1.165) is 0 Å². The monoisotopic (exact) mass is 577 g/mol. The minimum atomic E-state index is -3.10. The van der Waals surface area contributed by atoms with Crippen LogP contribution in [-0.4, -0.2) is 82.7 Å². The van der Waals surface area contributed by atoms with E-state index in [1.807, 2.05) is 13.8 Å². The predicted molar refractivity (Wildman–Crippen MR) is 132 cm³/mol. The Kier molecular flexibility index (Phi) is 7.87. The summed E-state index contributed by atoms with van der Waals surface area (Å²) in [5.41, 5.74) is -0.383. The summed E-state index contributed by atoms with van der Waals surface area (Å²) < 4.78 is 40.8. The summed E-state index contributed by atoms with van der Waals surface area (Å²) in [4.78, 5) is 65.7. The Labute approximate surface area is 229 Å². The molecule has 4 aliphatic rings. The number of fused-ring (bicyclic) bond motifs is 1. The third-order valence-corrected chi connectivity index (χ3v) is 9.13. The first-order chi connectivity index (χ1) is 18.1. The van der Waals surface area contributed by atoms with Crippen molar-refractivity contribution < 1.29 is 37.1 Å². The van der Waals surface area contributed by atoms with Crippen molar-refractivity contribution in [2.45, 2.75) is 70.6 Å². The summed E-state index contributed by atoms with van der Waals surface area (Å²) in [6, 6.07) is -2.20. The van der Waals surface area contributed by atoms with E-state index in [0.29, 0.717) is 24.4 Å². The number of carbonyl (C=O) groups is 5. The van der Waals surface area contributed by atoms with Crippen molar-refractivity contribution in [3.63, 3.8) is 0 Å². The second-order valence-electron chi connectivity index (χ2n) is 11.8. The number of alkyl halides is 4. The number of nitrogens with zero attached hydrogens (tertiary/aromatic N) is 2. The van der Waals surface area contributed by atoms with Crippen LogP contribution in [-0.2, 0) is 24.0 Å².